The number of hydrogen-bond acceptors (Lipinski definition) is 9. The molecule has 6 rings (SSSR count). The van der Waals surface area contributed by atoms with Crippen LogP contribution in [-0.2, 0) is 19.3 Å². The lowest BCUT2D eigenvalue weighted by molar-refractivity contribution is -0.0242. The summed E-state index contributed by atoms with van der Waals surface area (Å²) >= 11 is 0. The first-order valence-electron chi connectivity index (χ1n) is 18.4. The summed E-state index contributed by atoms with van der Waals surface area (Å²) in [6.07, 6.45) is 4.72. The summed E-state index contributed by atoms with van der Waals surface area (Å²) in [6, 6.07) is 31.8. The number of nitrogens with zero attached hydrogens (tertiary/aromatic N) is 8. The highest BCUT2D eigenvalue weighted by atomic mass is 31.2. The summed E-state index contributed by atoms with van der Waals surface area (Å²) in [6.45, 7) is 16.7. The Morgan fingerprint density at radius 1 is 0.926 bits per heavy atom. The Bertz CT molecular complexity index is 1880. The number of aliphatic imine (C=N–C) groups is 1. The summed E-state index contributed by atoms with van der Waals surface area (Å²) < 4.78 is 24.3. The molecule has 1 aliphatic rings. The molecule has 0 aliphatic carbocycles. The number of fused-ring (bicyclic) bond motifs is 1. The minimum atomic E-state index is -1.49. The van der Waals surface area contributed by atoms with Gasteiger partial charge in [0.1, 0.15) is 19.2 Å². The molecule has 1 fully saturated rings. The Kier molecular flexibility index (Phi) is 13.1. The van der Waals surface area contributed by atoms with E-state index in [1.165, 1.54) is 6.33 Å². The molecule has 1 saturated heterocycles. The van der Waals surface area contributed by atoms with Crippen molar-refractivity contribution in [2.75, 3.05) is 33.9 Å². The molecule has 1 aliphatic heterocycles. The fourth-order valence-electron chi connectivity index (χ4n) is 7.06. The number of ether oxygens (including phenoxy) is 1. The van der Waals surface area contributed by atoms with Crippen LogP contribution in [-0.4, -0.2) is 93.5 Å². The SMILES string of the molecule is [C-]#[N+]CCOP(OC[C@H]1O[C@@H](n2cnc3c(N=CN(C)C)ncnc32)CC1NC(c1ccccc1)(c1ccccc1)c1ccccc1)N(C(C)C)C(C)C. The maximum atomic E-state index is 7.33. The van der Waals surface area contributed by atoms with E-state index in [9.17, 15) is 0 Å². The van der Waals surface area contributed by atoms with Crippen LogP contribution in [0, 0.1) is 6.57 Å². The van der Waals surface area contributed by atoms with Gasteiger partial charge in [-0.05, 0) is 44.4 Å². The Labute approximate surface area is 320 Å². The third-order valence-corrected chi connectivity index (χ3v) is 11.4. The predicted molar refractivity (Wildman–Crippen MR) is 214 cm³/mol. The first kappa shape index (κ1) is 39.1. The van der Waals surface area contributed by atoms with Crippen molar-refractivity contribution in [3.63, 3.8) is 0 Å². The van der Waals surface area contributed by atoms with Gasteiger partial charge in [-0.15, -0.1) is 0 Å². The summed E-state index contributed by atoms with van der Waals surface area (Å²) in [7, 11) is 2.32. The van der Waals surface area contributed by atoms with Gasteiger partial charge in [0.05, 0.1) is 30.9 Å². The van der Waals surface area contributed by atoms with E-state index in [1.54, 1.807) is 12.7 Å². The van der Waals surface area contributed by atoms with Gasteiger partial charge < -0.3 is 23.5 Å². The van der Waals surface area contributed by atoms with E-state index in [-0.39, 0.29) is 31.3 Å². The van der Waals surface area contributed by atoms with Crippen LogP contribution >= 0.6 is 8.53 Å². The lowest BCUT2D eigenvalue weighted by Crippen LogP contribution is -2.53. The Morgan fingerprint density at radius 2 is 1.52 bits per heavy atom. The average Bonchev–Trinajstić information content (AvgIpc) is 3.80. The van der Waals surface area contributed by atoms with Gasteiger partial charge in [0.25, 0.3) is 8.53 Å². The minimum absolute atomic E-state index is 0.165. The quantitative estimate of drug-likeness (QED) is 0.0257. The zero-order chi connectivity index (χ0) is 38.1. The third-order valence-electron chi connectivity index (χ3n) is 9.32. The van der Waals surface area contributed by atoms with Crippen molar-refractivity contribution >= 4 is 31.8 Å². The predicted octanol–water partition coefficient (Wildman–Crippen LogP) is 7.58. The van der Waals surface area contributed by atoms with Crippen molar-refractivity contribution in [3.8, 4) is 0 Å². The van der Waals surface area contributed by atoms with Crippen molar-refractivity contribution in [2.45, 2.75) is 70.1 Å². The summed E-state index contributed by atoms with van der Waals surface area (Å²) in [4.78, 5) is 23.7. The van der Waals surface area contributed by atoms with Crippen LogP contribution in [0.5, 0.6) is 0 Å². The van der Waals surface area contributed by atoms with E-state index < -0.39 is 26.4 Å². The minimum Gasteiger partial charge on any atom is -0.369 e. The monoisotopic (exact) mass is 747 g/mol. The van der Waals surface area contributed by atoms with Crippen molar-refractivity contribution in [1.82, 2.24) is 34.4 Å². The van der Waals surface area contributed by atoms with Crippen LogP contribution in [0.4, 0.5) is 5.82 Å². The Morgan fingerprint density at radius 3 is 2.06 bits per heavy atom. The molecule has 0 radical (unpaired) electrons. The van der Waals surface area contributed by atoms with Crippen LogP contribution in [0.25, 0.3) is 16.0 Å². The summed E-state index contributed by atoms with van der Waals surface area (Å²) in [5.41, 5.74) is 3.80. The van der Waals surface area contributed by atoms with Crippen LogP contribution in [0.1, 0.15) is 57.0 Å². The van der Waals surface area contributed by atoms with Gasteiger partial charge in [-0.1, -0.05) is 91.0 Å². The lowest BCUT2D eigenvalue weighted by Gasteiger charge is -2.40. The smallest absolute Gasteiger partial charge is 0.259 e. The maximum absolute atomic E-state index is 7.33. The number of nitrogens with one attached hydrogen (secondary N) is 1. The average molecular weight is 748 g/mol. The number of benzene rings is 3. The van der Waals surface area contributed by atoms with Gasteiger partial charge in [0, 0.05) is 38.6 Å². The molecular weight excluding hydrogens is 697 g/mol. The Balaban J connectivity index is 1.43. The lowest BCUT2D eigenvalue weighted by atomic mass is 9.76. The topological polar surface area (TPSA) is 107 Å². The van der Waals surface area contributed by atoms with Crippen molar-refractivity contribution in [2.24, 2.45) is 4.99 Å². The van der Waals surface area contributed by atoms with Gasteiger partial charge in [-0.2, -0.15) is 0 Å². The molecule has 0 saturated carbocycles. The van der Waals surface area contributed by atoms with E-state index in [1.807, 2.05) is 41.8 Å². The summed E-state index contributed by atoms with van der Waals surface area (Å²) in [5, 5.41) is 4.18. The molecule has 3 aromatic carbocycles. The number of hydrogen-bond donors (Lipinski definition) is 1. The molecule has 5 aromatic rings. The molecule has 54 heavy (non-hydrogen) atoms. The highest BCUT2D eigenvalue weighted by Gasteiger charge is 2.45. The molecule has 13 heteroatoms. The fraction of sp³-hybridized carbons (Fsp3) is 0.390. The van der Waals surface area contributed by atoms with Gasteiger partial charge >= 0.3 is 0 Å². The molecule has 2 unspecified atom stereocenters. The van der Waals surface area contributed by atoms with Crippen LogP contribution in [0.2, 0.25) is 0 Å². The highest BCUT2D eigenvalue weighted by Crippen LogP contribution is 2.47. The van der Waals surface area contributed by atoms with Gasteiger partial charge in [-0.3, -0.25) is 9.88 Å². The number of aromatic nitrogens is 4. The van der Waals surface area contributed by atoms with Crippen LogP contribution < -0.4 is 5.32 Å². The zero-order valence-electron chi connectivity index (χ0n) is 31.9. The van der Waals surface area contributed by atoms with Gasteiger partial charge in [0.15, 0.2) is 17.0 Å². The number of imidazole rings is 1. The first-order chi connectivity index (χ1) is 26.2. The summed E-state index contributed by atoms with van der Waals surface area (Å²) in [5.74, 6) is 0.487. The Hall–Kier alpha value is -4.60. The van der Waals surface area contributed by atoms with E-state index >= 15 is 0 Å². The fourth-order valence-corrected chi connectivity index (χ4v) is 8.67. The molecule has 282 valence electrons. The molecular formula is C41H50N9O3P. The van der Waals surface area contributed by atoms with Gasteiger partial charge in [0.2, 0.25) is 6.54 Å². The molecule has 4 atom stereocenters. The molecule has 12 nitrogen and oxygen atoms in total. The molecule has 0 amide bonds. The van der Waals surface area contributed by atoms with Crippen LogP contribution in [0.3, 0.4) is 0 Å². The first-order valence-corrected chi connectivity index (χ1v) is 19.5. The second kappa shape index (κ2) is 18.2. The molecule has 3 heterocycles. The van der Waals surface area contributed by atoms with Crippen LogP contribution in [0.15, 0.2) is 109 Å². The van der Waals surface area contributed by atoms with Gasteiger partial charge in [-0.25, -0.2) is 31.2 Å². The number of rotatable bonds is 17. The standard InChI is InChI=1S/C41H50N9O3P/c1-30(2)50(31(3)4)54(51-24-23-42-5)52-26-36-35(25-37(53-36)49-29-45-38-39(46-28-48(6)7)43-27-44-40(38)49)47-41(32-17-11-8-12-18-32,33-19-13-9-14-20-33)34-21-15-10-16-22-34/h8-22,27-31,35-37,47H,23-26H2,1-4,6-7H3/t35?,36-,37-,54?/m1/s1. The molecule has 2 aromatic heterocycles. The van der Waals surface area contributed by atoms with Crippen molar-refractivity contribution in [1.29, 1.82) is 0 Å². The largest absolute Gasteiger partial charge is 0.369 e. The van der Waals surface area contributed by atoms with E-state index in [2.05, 4.69) is 130 Å². The van der Waals surface area contributed by atoms with Crippen molar-refractivity contribution in [3.05, 3.63) is 132 Å². The normalized spacial score (nSPS) is 18.3. The second-order valence-electron chi connectivity index (χ2n) is 14.0. The molecule has 0 bridgehead atoms. The van der Waals surface area contributed by atoms with Crippen molar-refractivity contribution < 1.29 is 13.8 Å². The third kappa shape index (κ3) is 8.68. The highest BCUT2D eigenvalue weighted by molar-refractivity contribution is 7.44. The zero-order valence-corrected chi connectivity index (χ0v) is 32.8. The molecule has 1 N–H and O–H groups in total. The van der Waals surface area contributed by atoms with E-state index in [0.717, 1.165) is 16.7 Å². The van der Waals surface area contributed by atoms with E-state index in [4.69, 9.17) is 25.3 Å². The van der Waals surface area contributed by atoms with E-state index in [0.29, 0.717) is 30.0 Å². The molecule has 0 spiro atoms. The second-order valence-corrected chi connectivity index (χ2v) is 15.5. The maximum Gasteiger partial charge on any atom is 0.259 e.